The van der Waals surface area contributed by atoms with Crippen molar-refractivity contribution in [1.29, 1.82) is 0 Å². The van der Waals surface area contributed by atoms with E-state index in [4.69, 9.17) is 11.6 Å². The van der Waals surface area contributed by atoms with Crippen LogP contribution in [0.15, 0.2) is 90.0 Å². The molecule has 0 saturated heterocycles. The molecule has 0 spiro atoms. The number of halogens is 1. The number of anilines is 1. The topological polar surface area (TPSA) is 70.6 Å². The summed E-state index contributed by atoms with van der Waals surface area (Å²) in [5.41, 5.74) is 6.48. The lowest BCUT2D eigenvalue weighted by molar-refractivity contribution is -0.124. The molecule has 0 fully saturated rings. The summed E-state index contributed by atoms with van der Waals surface area (Å²) in [6, 6.07) is 24.7. The van der Waals surface area contributed by atoms with E-state index in [9.17, 15) is 9.59 Å². The molecular formula is C26H24ClN3O2. The molecule has 0 radical (unpaired) electrons. The lowest BCUT2D eigenvalue weighted by atomic mass is 10.1. The zero-order valence-corrected chi connectivity index (χ0v) is 18.5. The van der Waals surface area contributed by atoms with Crippen molar-refractivity contribution in [1.82, 2.24) is 5.43 Å². The molecule has 3 rings (SSSR count). The van der Waals surface area contributed by atoms with Crippen LogP contribution in [0.2, 0.25) is 5.02 Å². The molecule has 3 aromatic carbocycles. The maximum absolute atomic E-state index is 12.3. The van der Waals surface area contributed by atoms with Crippen LogP contribution in [-0.2, 0) is 9.59 Å². The van der Waals surface area contributed by atoms with Gasteiger partial charge in [0.25, 0.3) is 0 Å². The van der Waals surface area contributed by atoms with Crippen molar-refractivity contribution in [3.8, 4) is 0 Å². The zero-order valence-electron chi connectivity index (χ0n) is 17.7. The lowest BCUT2D eigenvalue weighted by Crippen LogP contribution is -2.22. The molecule has 0 aromatic heterocycles. The van der Waals surface area contributed by atoms with Gasteiger partial charge in [-0.2, -0.15) is 5.10 Å². The van der Waals surface area contributed by atoms with Crippen LogP contribution in [0, 0.1) is 6.92 Å². The van der Waals surface area contributed by atoms with Gasteiger partial charge < -0.3 is 5.32 Å². The number of nitrogens with one attached hydrogen (secondary N) is 2. The summed E-state index contributed by atoms with van der Waals surface area (Å²) in [5.74, 6) is -0.605. The highest BCUT2D eigenvalue weighted by Crippen LogP contribution is 2.23. The Bertz CT molecular complexity index is 1130. The summed E-state index contributed by atoms with van der Waals surface area (Å²) in [5, 5.41) is 7.64. The fourth-order valence-electron chi connectivity index (χ4n) is 2.91. The highest BCUT2D eigenvalue weighted by Gasteiger charge is 2.10. The standard InChI is InChI=1S/C26H24ClN3O2/c1-19-22(27)13-8-14-23(19)28-25(31)17-18-26(32)30-29-24(21-11-6-3-7-12-21)16-15-20-9-4-2-5-10-20/h2-16H,17-18H2,1H3,(H,28,31)(H,30,32)/b16-15+,29-24+. The molecule has 0 heterocycles. The third kappa shape index (κ3) is 6.93. The van der Waals surface area contributed by atoms with Gasteiger partial charge in [-0.15, -0.1) is 0 Å². The fourth-order valence-corrected chi connectivity index (χ4v) is 3.08. The quantitative estimate of drug-likeness (QED) is 0.350. The normalized spacial score (nSPS) is 11.4. The van der Waals surface area contributed by atoms with Crippen molar-refractivity contribution < 1.29 is 9.59 Å². The van der Waals surface area contributed by atoms with E-state index in [1.54, 1.807) is 18.2 Å². The van der Waals surface area contributed by atoms with Gasteiger partial charge in [-0.1, -0.05) is 84.4 Å². The van der Waals surface area contributed by atoms with Crippen LogP contribution in [-0.4, -0.2) is 17.5 Å². The molecule has 2 N–H and O–H groups in total. The van der Waals surface area contributed by atoms with E-state index in [-0.39, 0.29) is 24.7 Å². The number of benzene rings is 3. The first kappa shape index (κ1) is 23.0. The molecule has 0 unspecified atom stereocenters. The van der Waals surface area contributed by atoms with E-state index in [0.29, 0.717) is 16.4 Å². The van der Waals surface area contributed by atoms with E-state index in [1.165, 1.54) is 0 Å². The Kier molecular flexibility index (Phi) is 8.35. The predicted molar refractivity (Wildman–Crippen MR) is 131 cm³/mol. The summed E-state index contributed by atoms with van der Waals surface area (Å²) < 4.78 is 0. The first-order valence-corrected chi connectivity index (χ1v) is 10.6. The smallest absolute Gasteiger partial charge is 0.240 e. The van der Waals surface area contributed by atoms with E-state index in [2.05, 4.69) is 15.8 Å². The molecule has 0 aliphatic rings. The number of hydrogen-bond donors (Lipinski definition) is 2. The minimum absolute atomic E-state index is 0.0133. The number of nitrogens with zero attached hydrogens (tertiary/aromatic N) is 1. The van der Waals surface area contributed by atoms with Crippen molar-refractivity contribution in [3.05, 3.63) is 107 Å². The number of amides is 2. The molecule has 5 nitrogen and oxygen atoms in total. The van der Waals surface area contributed by atoms with Gasteiger partial charge in [0.15, 0.2) is 0 Å². The van der Waals surface area contributed by atoms with Crippen molar-refractivity contribution in [3.63, 3.8) is 0 Å². The van der Waals surface area contributed by atoms with Gasteiger partial charge in [-0.25, -0.2) is 5.43 Å². The molecule has 0 aliphatic heterocycles. The van der Waals surface area contributed by atoms with Gasteiger partial charge in [0.1, 0.15) is 0 Å². The maximum Gasteiger partial charge on any atom is 0.240 e. The Morgan fingerprint density at radius 1 is 0.875 bits per heavy atom. The second kappa shape index (κ2) is 11.6. The maximum atomic E-state index is 12.3. The summed E-state index contributed by atoms with van der Waals surface area (Å²) in [4.78, 5) is 24.5. The average molecular weight is 446 g/mol. The van der Waals surface area contributed by atoms with Crippen molar-refractivity contribution in [2.75, 3.05) is 5.32 Å². The van der Waals surface area contributed by atoms with Gasteiger partial charge in [-0.05, 0) is 36.3 Å². The Morgan fingerprint density at radius 2 is 1.53 bits per heavy atom. The van der Waals surface area contributed by atoms with Crippen LogP contribution in [0.4, 0.5) is 5.69 Å². The van der Waals surface area contributed by atoms with Crippen molar-refractivity contribution in [2.45, 2.75) is 19.8 Å². The predicted octanol–water partition coefficient (Wildman–Crippen LogP) is 5.60. The zero-order chi connectivity index (χ0) is 22.8. The molecule has 0 saturated carbocycles. The first-order valence-electron chi connectivity index (χ1n) is 10.2. The van der Waals surface area contributed by atoms with E-state index in [0.717, 1.165) is 16.7 Å². The molecule has 3 aromatic rings. The first-order chi connectivity index (χ1) is 15.5. The van der Waals surface area contributed by atoms with Crippen LogP contribution < -0.4 is 10.7 Å². The fraction of sp³-hybridized carbons (Fsp3) is 0.115. The van der Waals surface area contributed by atoms with Crippen LogP contribution in [0.1, 0.15) is 29.5 Å². The van der Waals surface area contributed by atoms with Gasteiger partial charge in [0.2, 0.25) is 11.8 Å². The molecule has 0 aliphatic carbocycles. The Hall–Kier alpha value is -3.70. The van der Waals surface area contributed by atoms with Crippen LogP contribution in [0.25, 0.3) is 6.08 Å². The number of hydrazone groups is 1. The summed E-state index contributed by atoms with van der Waals surface area (Å²) in [7, 11) is 0. The minimum atomic E-state index is -0.343. The van der Waals surface area contributed by atoms with Gasteiger partial charge in [0, 0.05) is 29.1 Å². The van der Waals surface area contributed by atoms with Crippen molar-refractivity contribution in [2.24, 2.45) is 5.10 Å². The number of allylic oxidation sites excluding steroid dienone is 1. The third-order valence-electron chi connectivity index (χ3n) is 4.72. The van der Waals surface area contributed by atoms with E-state index in [1.807, 2.05) is 79.7 Å². The summed E-state index contributed by atoms with van der Waals surface area (Å²) >= 11 is 6.08. The van der Waals surface area contributed by atoms with Crippen LogP contribution in [0.5, 0.6) is 0 Å². The molecular weight excluding hydrogens is 422 g/mol. The SMILES string of the molecule is Cc1c(Cl)cccc1NC(=O)CCC(=O)N/N=C(\C=C\c1ccccc1)c1ccccc1. The van der Waals surface area contributed by atoms with Crippen LogP contribution >= 0.6 is 11.6 Å². The molecule has 0 bridgehead atoms. The Labute approximate surface area is 192 Å². The average Bonchev–Trinajstić information content (AvgIpc) is 2.82. The van der Waals surface area contributed by atoms with Gasteiger partial charge in [0.05, 0.1) is 5.71 Å². The van der Waals surface area contributed by atoms with Crippen molar-refractivity contribution >= 4 is 40.9 Å². The second-order valence-corrected chi connectivity index (χ2v) is 7.51. The number of carbonyl (C=O) groups is 2. The van der Waals surface area contributed by atoms with Gasteiger partial charge in [-0.3, -0.25) is 9.59 Å². The molecule has 32 heavy (non-hydrogen) atoms. The van der Waals surface area contributed by atoms with Gasteiger partial charge >= 0.3 is 0 Å². The lowest BCUT2D eigenvalue weighted by Gasteiger charge is -2.09. The molecule has 6 heteroatoms. The number of rotatable bonds is 8. The largest absolute Gasteiger partial charge is 0.326 e. The minimum Gasteiger partial charge on any atom is -0.326 e. The third-order valence-corrected chi connectivity index (χ3v) is 5.13. The summed E-state index contributed by atoms with van der Waals surface area (Å²) in [6.07, 6.45) is 3.82. The highest BCUT2D eigenvalue weighted by molar-refractivity contribution is 6.31. The Balaban J connectivity index is 1.60. The monoisotopic (exact) mass is 445 g/mol. The van der Waals surface area contributed by atoms with Crippen LogP contribution in [0.3, 0.4) is 0 Å². The van der Waals surface area contributed by atoms with E-state index < -0.39 is 0 Å². The molecule has 0 atom stereocenters. The van der Waals surface area contributed by atoms with E-state index >= 15 is 0 Å². The Morgan fingerprint density at radius 3 is 2.25 bits per heavy atom. The second-order valence-electron chi connectivity index (χ2n) is 7.10. The molecule has 162 valence electrons. The highest BCUT2D eigenvalue weighted by atomic mass is 35.5. The number of hydrogen-bond acceptors (Lipinski definition) is 3. The summed E-state index contributed by atoms with van der Waals surface area (Å²) in [6.45, 7) is 1.83. The molecule has 2 amide bonds. The number of carbonyl (C=O) groups excluding carboxylic acids is 2.